The zero-order chi connectivity index (χ0) is 11.6. The first-order valence-electron chi connectivity index (χ1n) is 4.18. The van der Waals surface area contributed by atoms with Gasteiger partial charge in [-0.2, -0.15) is 0 Å². The van der Waals surface area contributed by atoms with Gasteiger partial charge >= 0.3 is 0 Å². The predicted octanol–water partition coefficient (Wildman–Crippen LogP) is 3.81. The standard InChI is InChI=1S/C10H9Cl3O2/c1-5(11)10(14)6-3-9(15-2)8(13)4-7(6)12/h3-5H,1-2H3. The number of carbonyl (C=O) groups excluding carboxylic acids is 1. The van der Waals surface area contributed by atoms with Crippen LogP contribution in [0.5, 0.6) is 5.75 Å². The first-order chi connectivity index (χ1) is 6.97. The van der Waals surface area contributed by atoms with Crippen molar-refractivity contribution in [2.75, 3.05) is 7.11 Å². The third-order valence-electron chi connectivity index (χ3n) is 1.87. The minimum Gasteiger partial charge on any atom is -0.495 e. The van der Waals surface area contributed by atoms with Crippen molar-refractivity contribution >= 4 is 40.6 Å². The van der Waals surface area contributed by atoms with Crippen LogP contribution < -0.4 is 4.74 Å². The van der Waals surface area contributed by atoms with Gasteiger partial charge in [-0.3, -0.25) is 4.79 Å². The Morgan fingerprint density at radius 2 is 1.93 bits per heavy atom. The number of rotatable bonds is 3. The molecule has 0 saturated carbocycles. The molecule has 0 N–H and O–H groups in total. The fraction of sp³-hybridized carbons (Fsp3) is 0.300. The Hall–Kier alpha value is -0.440. The molecule has 2 nitrogen and oxygen atoms in total. The number of halogens is 3. The highest BCUT2D eigenvalue weighted by atomic mass is 35.5. The third-order valence-corrected chi connectivity index (χ3v) is 2.67. The number of benzene rings is 1. The molecule has 15 heavy (non-hydrogen) atoms. The average molecular weight is 268 g/mol. The van der Waals surface area contributed by atoms with Gasteiger partial charge in [0.1, 0.15) is 5.75 Å². The summed E-state index contributed by atoms with van der Waals surface area (Å²) in [5.74, 6) is 0.151. The smallest absolute Gasteiger partial charge is 0.182 e. The molecule has 0 aliphatic rings. The molecule has 1 unspecified atom stereocenters. The summed E-state index contributed by atoms with van der Waals surface area (Å²) in [6.07, 6.45) is 0. The number of ketones is 1. The van der Waals surface area contributed by atoms with Gasteiger partial charge in [0, 0.05) is 5.56 Å². The van der Waals surface area contributed by atoms with Crippen LogP contribution >= 0.6 is 34.8 Å². The van der Waals surface area contributed by atoms with Gasteiger partial charge in [0.25, 0.3) is 0 Å². The summed E-state index contributed by atoms with van der Waals surface area (Å²) >= 11 is 17.4. The molecular weight excluding hydrogens is 258 g/mol. The van der Waals surface area contributed by atoms with Crippen molar-refractivity contribution in [3.05, 3.63) is 27.7 Å². The first-order valence-corrected chi connectivity index (χ1v) is 5.38. The molecule has 1 aromatic rings. The van der Waals surface area contributed by atoms with E-state index in [0.717, 1.165) is 0 Å². The van der Waals surface area contributed by atoms with E-state index in [1.807, 2.05) is 0 Å². The molecule has 0 amide bonds. The quantitative estimate of drug-likeness (QED) is 0.615. The summed E-state index contributed by atoms with van der Waals surface area (Å²) in [6.45, 7) is 1.58. The van der Waals surface area contributed by atoms with Crippen LogP contribution in [0.4, 0.5) is 0 Å². The Bertz CT molecular complexity index is 388. The van der Waals surface area contributed by atoms with Crippen LogP contribution in [0.1, 0.15) is 17.3 Å². The van der Waals surface area contributed by atoms with E-state index in [4.69, 9.17) is 39.5 Å². The van der Waals surface area contributed by atoms with Gasteiger partial charge in [0.2, 0.25) is 0 Å². The zero-order valence-electron chi connectivity index (χ0n) is 8.18. The molecule has 0 radical (unpaired) electrons. The molecule has 1 atom stereocenters. The summed E-state index contributed by atoms with van der Waals surface area (Å²) in [7, 11) is 1.47. The van der Waals surface area contributed by atoms with E-state index in [-0.39, 0.29) is 10.8 Å². The first kappa shape index (κ1) is 12.6. The molecule has 0 aromatic heterocycles. The molecule has 5 heteroatoms. The lowest BCUT2D eigenvalue weighted by Gasteiger charge is -2.09. The summed E-state index contributed by atoms with van der Waals surface area (Å²) in [4.78, 5) is 11.6. The topological polar surface area (TPSA) is 26.3 Å². The van der Waals surface area contributed by atoms with Crippen molar-refractivity contribution in [2.45, 2.75) is 12.3 Å². The summed E-state index contributed by atoms with van der Waals surface area (Å²) in [6, 6.07) is 2.96. The lowest BCUT2D eigenvalue weighted by atomic mass is 10.1. The van der Waals surface area contributed by atoms with Crippen LogP contribution in [0.15, 0.2) is 12.1 Å². The van der Waals surface area contributed by atoms with Crippen LogP contribution in [-0.4, -0.2) is 18.3 Å². The van der Waals surface area contributed by atoms with Gasteiger partial charge in [-0.05, 0) is 19.1 Å². The second-order valence-electron chi connectivity index (χ2n) is 2.95. The Morgan fingerprint density at radius 1 is 1.33 bits per heavy atom. The number of hydrogen-bond acceptors (Lipinski definition) is 2. The Kier molecular flexibility index (Phi) is 4.26. The molecule has 1 aromatic carbocycles. The van der Waals surface area contributed by atoms with Gasteiger partial charge < -0.3 is 4.74 Å². The highest BCUT2D eigenvalue weighted by Gasteiger charge is 2.18. The average Bonchev–Trinajstić information content (AvgIpc) is 2.17. The number of hydrogen-bond donors (Lipinski definition) is 0. The number of Topliss-reactive ketones (excluding diaryl/α,β-unsaturated/α-hetero) is 1. The van der Waals surface area contributed by atoms with E-state index in [2.05, 4.69) is 0 Å². The van der Waals surface area contributed by atoms with Gasteiger partial charge in [0.05, 0.1) is 22.5 Å². The van der Waals surface area contributed by atoms with E-state index in [0.29, 0.717) is 16.3 Å². The van der Waals surface area contributed by atoms with Crippen molar-refractivity contribution in [3.8, 4) is 5.75 Å². The summed E-state index contributed by atoms with van der Waals surface area (Å²) in [5.41, 5.74) is 0.320. The monoisotopic (exact) mass is 266 g/mol. The van der Waals surface area contributed by atoms with E-state index in [1.54, 1.807) is 6.92 Å². The summed E-state index contributed by atoms with van der Waals surface area (Å²) < 4.78 is 4.98. The maximum Gasteiger partial charge on any atom is 0.182 e. The maximum atomic E-state index is 11.6. The van der Waals surface area contributed by atoms with Crippen LogP contribution in [0.3, 0.4) is 0 Å². The Labute approximate surface area is 103 Å². The van der Waals surface area contributed by atoms with Gasteiger partial charge in [-0.15, -0.1) is 11.6 Å². The maximum absolute atomic E-state index is 11.6. The van der Waals surface area contributed by atoms with Crippen molar-refractivity contribution in [1.29, 1.82) is 0 Å². The Morgan fingerprint density at radius 3 is 2.40 bits per heavy atom. The molecule has 82 valence electrons. The van der Waals surface area contributed by atoms with Crippen molar-refractivity contribution in [3.63, 3.8) is 0 Å². The number of methoxy groups -OCH3 is 1. The largest absolute Gasteiger partial charge is 0.495 e. The molecule has 0 aliphatic carbocycles. The van der Waals surface area contributed by atoms with Gasteiger partial charge in [-0.25, -0.2) is 0 Å². The highest BCUT2D eigenvalue weighted by molar-refractivity contribution is 6.40. The number of alkyl halides is 1. The fourth-order valence-corrected chi connectivity index (χ4v) is 1.76. The molecule has 0 bridgehead atoms. The molecule has 1 rings (SSSR count). The minimum atomic E-state index is -0.631. The van der Waals surface area contributed by atoms with Crippen LogP contribution in [0.2, 0.25) is 10.0 Å². The SMILES string of the molecule is COc1cc(C(=O)C(C)Cl)c(Cl)cc1Cl. The minimum absolute atomic E-state index is 0.253. The van der Waals surface area contributed by atoms with Gasteiger partial charge in [0.15, 0.2) is 5.78 Å². The molecule has 0 heterocycles. The molecule has 0 saturated heterocycles. The second-order valence-corrected chi connectivity index (χ2v) is 4.42. The van der Waals surface area contributed by atoms with Crippen molar-refractivity contribution in [1.82, 2.24) is 0 Å². The zero-order valence-corrected chi connectivity index (χ0v) is 10.5. The van der Waals surface area contributed by atoms with Gasteiger partial charge in [-0.1, -0.05) is 23.2 Å². The van der Waals surface area contributed by atoms with Crippen LogP contribution in [-0.2, 0) is 0 Å². The van der Waals surface area contributed by atoms with E-state index in [1.165, 1.54) is 19.2 Å². The number of ether oxygens (including phenoxy) is 1. The third kappa shape index (κ3) is 2.77. The second kappa shape index (κ2) is 5.06. The predicted molar refractivity (Wildman–Crippen MR) is 62.7 cm³/mol. The highest BCUT2D eigenvalue weighted by Crippen LogP contribution is 2.31. The summed E-state index contributed by atoms with van der Waals surface area (Å²) in [5, 5.41) is 0.00737. The van der Waals surface area contributed by atoms with E-state index in [9.17, 15) is 4.79 Å². The van der Waals surface area contributed by atoms with Crippen molar-refractivity contribution < 1.29 is 9.53 Å². The Balaban J connectivity index is 3.24. The lowest BCUT2D eigenvalue weighted by molar-refractivity contribution is 0.0991. The fourth-order valence-electron chi connectivity index (χ4n) is 1.09. The van der Waals surface area contributed by atoms with E-state index >= 15 is 0 Å². The van der Waals surface area contributed by atoms with E-state index < -0.39 is 5.38 Å². The van der Waals surface area contributed by atoms with Crippen LogP contribution in [0.25, 0.3) is 0 Å². The normalized spacial score (nSPS) is 12.3. The molecule has 0 aliphatic heterocycles. The lowest BCUT2D eigenvalue weighted by Crippen LogP contribution is -2.11. The van der Waals surface area contributed by atoms with Crippen molar-refractivity contribution in [2.24, 2.45) is 0 Å². The molecular formula is C10H9Cl3O2. The van der Waals surface area contributed by atoms with Crippen LogP contribution in [0, 0.1) is 0 Å². The number of carbonyl (C=O) groups is 1. The molecule has 0 fully saturated rings. The molecule has 0 spiro atoms.